The zero-order valence-electron chi connectivity index (χ0n) is 15.9. The SMILES string of the molecule is CCOc1ccc(/C=C2/SC(=Nc3ccccc3F)N(C)C2=O)cc1OCC. The Balaban J connectivity index is 1.89. The molecule has 0 aliphatic carbocycles. The molecule has 7 heteroatoms. The minimum Gasteiger partial charge on any atom is -0.490 e. The van der Waals surface area contributed by atoms with Crippen LogP contribution in [-0.2, 0) is 4.79 Å². The van der Waals surface area contributed by atoms with E-state index in [1.807, 2.05) is 32.0 Å². The number of carbonyl (C=O) groups excluding carboxylic acids is 1. The molecule has 2 aromatic carbocycles. The summed E-state index contributed by atoms with van der Waals surface area (Å²) in [5.74, 6) is 0.673. The Labute approximate surface area is 167 Å². The molecule has 0 spiro atoms. The number of para-hydroxylation sites is 1. The van der Waals surface area contributed by atoms with Gasteiger partial charge in [0.15, 0.2) is 16.7 Å². The Hall–Kier alpha value is -2.80. The zero-order valence-corrected chi connectivity index (χ0v) is 16.8. The molecule has 0 radical (unpaired) electrons. The van der Waals surface area contributed by atoms with Crippen molar-refractivity contribution in [1.82, 2.24) is 4.90 Å². The van der Waals surface area contributed by atoms with Crippen molar-refractivity contribution in [3.05, 3.63) is 58.8 Å². The number of nitrogens with zero attached hydrogens (tertiary/aromatic N) is 2. The van der Waals surface area contributed by atoms with E-state index in [1.165, 1.54) is 22.7 Å². The van der Waals surface area contributed by atoms with Crippen LogP contribution in [0.1, 0.15) is 19.4 Å². The predicted octanol–water partition coefficient (Wildman–Crippen LogP) is 4.86. The van der Waals surface area contributed by atoms with Gasteiger partial charge in [0.25, 0.3) is 5.91 Å². The van der Waals surface area contributed by atoms with Gasteiger partial charge in [-0.15, -0.1) is 0 Å². The van der Waals surface area contributed by atoms with Gasteiger partial charge in [-0.1, -0.05) is 18.2 Å². The number of halogens is 1. The molecule has 1 aliphatic rings. The highest BCUT2D eigenvalue weighted by Crippen LogP contribution is 2.35. The minimum absolute atomic E-state index is 0.188. The first-order valence-corrected chi connectivity index (χ1v) is 9.75. The lowest BCUT2D eigenvalue weighted by Crippen LogP contribution is -2.23. The van der Waals surface area contributed by atoms with E-state index < -0.39 is 5.82 Å². The number of likely N-dealkylation sites (N-methyl/N-ethyl adjacent to an activating group) is 1. The Kier molecular flexibility index (Phi) is 6.36. The van der Waals surface area contributed by atoms with Gasteiger partial charge < -0.3 is 9.47 Å². The lowest BCUT2D eigenvalue weighted by Gasteiger charge is -2.11. The molecular formula is C21H21FN2O3S. The summed E-state index contributed by atoms with van der Waals surface area (Å²) >= 11 is 1.21. The second-order valence-corrected chi connectivity index (χ2v) is 6.90. The van der Waals surface area contributed by atoms with Crippen molar-refractivity contribution >= 4 is 34.6 Å². The topological polar surface area (TPSA) is 51.1 Å². The van der Waals surface area contributed by atoms with Crippen molar-refractivity contribution < 1.29 is 18.7 Å². The molecule has 1 heterocycles. The molecular weight excluding hydrogens is 379 g/mol. The molecule has 0 aromatic heterocycles. The summed E-state index contributed by atoms with van der Waals surface area (Å²) in [6, 6.07) is 11.7. The third-order valence-corrected chi connectivity index (χ3v) is 5.00. The number of ether oxygens (including phenoxy) is 2. The summed E-state index contributed by atoms with van der Waals surface area (Å²) in [6.07, 6.45) is 1.77. The molecule has 0 atom stereocenters. The molecule has 0 bridgehead atoms. The number of amidine groups is 1. The standard InChI is InChI=1S/C21H21FN2O3S/c1-4-26-17-11-10-14(12-18(17)27-5-2)13-19-20(25)24(3)21(28-19)23-16-9-7-6-8-15(16)22/h6-13H,4-5H2,1-3H3/b19-13+,23-21?. The van der Waals surface area contributed by atoms with Crippen molar-refractivity contribution in [3.63, 3.8) is 0 Å². The smallest absolute Gasteiger partial charge is 0.266 e. The third-order valence-electron chi connectivity index (χ3n) is 3.94. The highest BCUT2D eigenvalue weighted by molar-refractivity contribution is 8.18. The van der Waals surface area contributed by atoms with Gasteiger partial charge in [-0.3, -0.25) is 9.69 Å². The first-order valence-electron chi connectivity index (χ1n) is 8.94. The number of hydrogen-bond acceptors (Lipinski definition) is 5. The summed E-state index contributed by atoms with van der Waals surface area (Å²) in [7, 11) is 1.62. The van der Waals surface area contributed by atoms with Gasteiger partial charge in [0, 0.05) is 7.05 Å². The number of benzene rings is 2. The zero-order chi connectivity index (χ0) is 20.1. The highest BCUT2D eigenvalue weighted by Gasteiger charge is 2.30. The largest absolute Gasteiger partial charge is 0.490 e. The van der Waals surface area contributed by atoms with Gasteiger partial charge in [-0.2, -0.15) is 0 Å². The maximum atomic E-state index is 13.9. The average Bonchev–Trinajstić information content (AvgIpc) is 2.94. The molecule has 0 N–H and O–H groups in total. The van der Waals surface area contributed by atoms with E-state index in [2.05, 4.69) is 4.99 Å². The van der Waals surface area contributed by atoms with Crippen molar-refractivity contribution in [3.8, 4) is 11.5 Å². The van der Waals surface area contributed by atoms with Crippen molar-refractivity contribution in [2.45, 2.75) is 13.8 Å². The predicted molar refractivity (Wildman–Crippen MR) is 111 cm³/mol. The van der Waals surface area contributed by atoms with Gasteiger partial charge in [0.05, 0.1) is 18.1 Å². The molecule has 1 aliphatic heterocycles. The first kappa shape index (κ1) is 19.9. The summed E-state index contributed by atoms with van der Waals surface area (Å²) in [6.45, 7) is 4.86. The Morgan fingerprint density at radius 1 is 1.11 bits per heavy atom. The minimum atomic E-state index is -0.429. The fourth-order valence-electron chi connectivity index (χ4n) is 2.61. The Bertz CT molecular complexity index is 943. The van der Waals surface area contributed by atoms with E-state index in [0.717, 1.165) is 5.56 Å². The van der Waals surface area contributed by atoms with Crippen LogP contribution in [0.5, 0.6) is 11.5 Å². The van der Waals surface area contributed by atoms with Crippen LogP contribution in [0, 0.1) is 5.82 Å². The number of hydrogen-bond donors (Lipinski definition) is 0. The van der Waals surface area contributed by atoms with Gasteiger partial charge in [-0.05, 0) is 61.5 Å². The van der Waals surface area contributed by atoms with Crippen LogP contribution in [-0.4, -0.2) is 36.2 Å². The molecule has 1 amide bonds. The van der Waals surface area contributed by atoms with Crippen molar-refractivity contribution in [2.75, 3.05) is 20.3 Å². The number of thioether (sulfide) groups is 1. The van der Waals surface area contributed by atoms with Gasteiger partial charge >= 0.3 is 0 Å². The fraction of sp³-hybridized carbons (Fsp3) is 0.238. The normalized spacial score (nSPS) is 16.9. The maximum absolute atomic E-state index is 13.9. The van der Waals surface area contributed by atoms with Crippen molar-refractivity contribution in [1.29, 1.82) is 0 Å². The molecule has 0 saturated carbocycles. The van der Waals surface area contributed by atoms with E-state index in [-0.39, 0.29) is 11.6 Å². The lowest BCUT2D eigenvalue weighted by atomic mass is 10.2. The van der Waals surface area contributed by atoms with Crippen LogP contribution in [0.15, 0.2) is 52.4 Å². The maximum Gasteiger partial charge on any atom is 0.266 e. The summed E-state index contributed by atoms with van der Waals surface area (Å²) in [5.41, 5.74) is 1.01. The quantitative estimate of drug-likeness (QED) is 0.650. The lowest BCUT2D eigenvalue weighted by molar-refractivity contribution is -0.121. The van der Waals surface area contributed by atoms with E-state index in [1.54, 1.807) is 31.3 Å². The van der Waals surface area contributed by atoms with E-state index in [4.69, 9.17) is 9.47 Å². The average molecular weight is 400 g/mol. The van der Waals surface area contributed by atoms with E-state index in [0.29, 0.717) is 34.8 Å². The van der Waals surface area contributed by atoms with Crippen LogP contribution in [0.2, 0.25) is 0 Å². The second-order valence-electron chi connectivity index (χ2n) is 5.89. The van der Waals surface area contributed by atoms with E-state index in [9.17, 15) is 9.18 Å². The van der Waals surface area contributed by atoms with Gasteiger partial charge in [0.1, 0.15) is 11.5 Å². The van der Waals surface area contributed by atoms with Crippen LogP contribution in [0.4, 0.5) is 10.1 Å². The molecule has 3 rings (SSSR count). The molecule has 146 valence electrons. The summed E-state index contributed by atoms with van der Waals surface area (Å²) < 4.78 is 25.1. The number of rotatable bonds is 6. The van der Waals surface area contributed by atoms with Gasteiger partial charge in [0.2, 0.25) is 0 Å². The third kappa shape index (κ3) is 4.36. The molecule has 0 unspecified atom stereocenters. The van der Waals surface area contributed by atoms with E-state index >= 15 is 0 Å². The monoisotopic (exact) mass is 400 g/mol. The Morgan fingerprint density at radius 3 is 2.54 bits per heavy atom. The van der Waals surface area contributed by atoms with Crippen molar-refractivity contribution in [2.24, 2.45) is 4.99 Å². The molecule has 1 saturated heterocycles. The summed E-state index contributed by atoms with van der Waals surface area (Å²) in [4.78, 5) is 18.8. The second kappa shape index (κ2) is 8.93. The number of amides is 1. The van der Waals surface area contributed by atoms with Crippen LogP contribution in [0.3, 0.4) is 0 Å². The van der Waals surface area contributed by atoms with Crippen LogP contribution in [0.25, 0.3) is 6.08 Å². The molecule has 2 aromatic rings. The highest BCUT2D eigenvalue weighted by atomic mass is 32.2. The van der Waals surface area contributed by atoms with Crippen LogP contribution >= 0.6 is 11.8 Å². The number of aliphatic imine (C=N–C) groups is 1. The summed E-state index contributed by atoms with van der Waals surface area (Å²) in [5, 5.41) is 0.428. The molecule has 5 nitrogen and oxygen atoms in total. The fourth-order valence-corrected chi connectivity index (χ4v) is 3.59. The Morgan fingerprint density at radius 2 is 1.82 bits per heavy atom. The van der Waals surface area contributed by atoms with Crippen LogP contribution < -0.4 is 9.47 Å². The first-order chi connectivity index (χ1) is 13.5. The molecule has 28 heavy (non-hydrogen) atoms. The van der Waals surface area contributed by atoms with Gasteiger partial charge in [-0.25, -0.2) is 9.38 Å². The molecule has 1 fully saturated rings. The number of carbonyl (C=O) groups is 1.